The molecule has 1 aromatic heterocycles. The molecule has 1 amide bonds. The fourth-order valence-electron chi connectivity index (χ4n) is 4.26. The minimum atomic E-state index is -1.02. The Morgan fingerprint density at radius 2 is 1.74 bits per heavy atom. The van der Waals surface area contributed by atoms with Crippen LogP contribution in [0, 0.1) is 18.6 Å². The van der Waals surface area contributed by atoms with E-state index in [-0.39, 0.29) is 18.7 Å². The molecule has 38 heavy (non-hydrogen) atoms. The summed E-state index contributed by atoms with van der Waals surface area (Å²) in [5.41, 5.74) is 4.85. The van der Waals surface area contributed by atoms with Gasteiger partial charge in [0.1, 0.15) is 22.3 Å². The van der Waals surface area contributed by atoms with E-state index in [4.69, 9.17) is 0 Å². The number of hydrogen-bond donors (Lipinski definition) is 3. The Morgan fingerprint density at radius 3 is 2.47 bits per heavy atom. The molecule has 3 aromatic carbocycles. The number of thiazole rings is 1. The van der Waals surface area contributed by atoms with Crippen molar-refractivity contribution >= 4 is 17.2 Å². The van der Waals surface area contributed by atoms with Crippen molar-refractivity contribution in [3.05, 3.63) is 112 Å². The lowest BCUT2D eigenvalue weighted by atomic mass is 10.00. The highest BCUT2D eigenvalue weighted by molar-refractivity contribution is 7.13. The molecular formula is C30H31F2N3O2S. The van der Waals surface area contributed by atoms with Gasteiger partial charge in [0.05, 0.1) is 12.1 Å². The zero-order valence-electron chi connectivity index (χ0n) is 21.4. The van der Waals surface area contributed by atoms with Crippen molar-refractivity contribution in [1.82, 2.24) is 15.6 Å². The summed E-state index contributed by atoms with van der Waals surface area (Å²) in [5.74, 6) is -1.89. The number of aliphatic hydroxyl groups excluding tert-OH is 1. The third kappa shape index (κ3) is 7.54. The summed E-state index contributed by atoms with van der Waals surface area (Å²) < 4.78 is 27.7. The SMILES string of the molecule is CCc1cccc(CNC[C@H](O)[C@@H](Cc2cc(F)cc(F)c2)NC(=O)c2csc(-c3cccc(C)c3)n2)c1. The molecular weight excluding hydrogens is 504 g/mol. The van der Waals surface area contributed by atoms with Gasteiger partial charge in [0, 0.05) is 30.1 Å². The standard InChI is InChI=1S/C30H31F2N3O2S/c1-3-20-7-5-8-21(11-20)16-33-17-28(36)26(14-22-12-24(31)15-25(32)13-22)34-29(37)27-18-38-30(35-27)23-9-4-6-19(2)10-23/h4-13,15,18,26,28,33,36H,3,14,16-17H2,1-2H3,(H,34,37)/t26-,28+/m1/s1. The van der Waals surface area contributed by atoms with Crippen LogP contribution in [0.4, 0.5) is 8.78 Å². The third-order valence-corrected chi connectivity index (χ3v) is 7.13. The fourth-order valence-corrected chi connectivity index (χ4v) is 5.06. The van der Waals surface area contributed by atoms with E-state index in [9.17, 15) is 18.7 Å². The van der Waals surface area contributed by atoms with Crippen molar-refractivity contribution in [2.75, 3.05) is 6.54 Å². The van der Waals surface area contributed by atoms with Crippen molar-refractivity contribution in [2.24, 2.45) is 0 Å². The molecule has 1 heterocycles. The number of halogens is 2. The molecule has 0 unspecified atom stereocenters. The molecule has 0 spiro atoms. The predicted octanol–water partition coefficient (Wildman–Crippen LogP) is 5.45. The van der Waals surface area contributed by atoms with Crippen molar-refractivity contribution in [3.63, 3.8) is 0 Å². The minimum Gasteiger partial charge on any atom is -0.390 e. The second kappa shape index (κ2) is 12.9. The van der Waals surface area contributed by atoms with Gasteiger partial charge in [-0.1, -0.05) is 55.0 Å². The Bertz CT molecular complexity index is 1370. The molecule has 5 nitrogen and oxygen atoms in total. The monoisotopic (exact) mass is 535 g/mol. The van der Waals surface area contributed by atoms with E-state index in [0.29, 0.717) is 17.1 Å². The Balaban J connectivity index is 1.47. The molecule has 0 aliphatic rings. The second-order valence-electron chi connectivity index (χ2n) is 9.34. The Hall–Kier alpha value is -3.46. The van der Waals surface area contributed by atoms with Crippen molar-refractivity contribution in [3.8, 4) is 10.6 Å². The first-order valence-corrected chi connectivity index (χ1v) is 13.4. The molecule has 198 valence electrons. The van der Waals surface area contributed by atoms with Gasteiger partial charge in [-0.05, 0) is 54.7 Å². The number of rotatable bonds is 11. The van der Waals surface area contributed by atoms with Crippen LogP contribution in [0.3, 0.4) is 0 Å². The molecule has 2 atom stereocenters. The lowest BCUT2D eigenvalue weighted by molar-refractivity contribution is 0.0826. The summed E-state index contributed by atoms with van der Waals surface area (Å²) in [6.45, 7) is 4.78. The smallest absolute Gasteiger partial charge is 0.271 e. The number of benzene rings is 3. The largest absolute Gasteiger partial charge is 0.390 e. The van der Waals surface area contributed by atoms with Gasteiger partial charge in [-0.2, -0.15) is 0 Å². The topological polar surface area (TPSA) is 74.2 Å². The quantitative estimate of drug-likeness (QED) is 0.239. The third-order valence-electron chi connectivity index (χ3n) is 6.24. The first-order chi connectivity index (χ1) is 18.3. The zero-order valence-corrected chi connectivity index (χ0v) is 22.2. The Kier molecular flexibility index (Phi) is 9.33. The first-order valence-electron chi connectivity index (χ1n) is 12.6. The van der Waals surface area contributed by atoms with E-state index in [1.807, 2.05) is 43.3 Å². The number of hydrogen-bond acceptors (Lipinski definition) is 5. The van der Waals surface area contributed by atoms with Crippen LogP contribution < -0.4 is 10.6 Å². The molecule has 0 bridgehead atoms. The van der Waals surface area contributed by atoms with Crippen LogP contribution in [0.2, 0.25) is 0 Å². The molecule has 0 saturated carbocycles. The molecule has 0 aliphatic carbocycles. The van der Waals surface area contributed by atoms with Gasteiger partial charge in [0.15, 0.2) is 0 Å². The molecule has 0 radical (unpaired) electrons. The maximum Gasteiger partial charge on any atom is 0.271 e. The summed E-state index contributed by atoms with van der Waals surface area (Å²) in [6.07, 6.45) is -0.0463. The van der Waals surface area contributed by atoms with Crippen molar-refractivity contribution in [1.29, 1.82) is 0 Å². The van der Waals surface area contributed by atoms with Crippen LogP contribution in [-0.4, -0.2) is 34.7 Å². The maximum absolute atomic E-state index is 13.8. The van der Waals surface area contributed by atoms with Crippen molar-refractivity contribution in [2.45, 2.75) is 45.4 Å². The van der Waals surface area contributed by atoms with Crippen LogP contribution in [0.15, 0.2) is 72.1 Å². The van der Waals surface area contributed by atoms with Gasteiger partial charge in [0.2, 0.25) is 0 Å². The number of aromatic nitrogens is 1. The Labute approximate surface area is 225 Å². The number of aliphatic hydroxyl groups is 1. The van der Waals surface area contributed by atoms with E-state index in [0.717, 1.165) is 29.2 Å². The van der Waals surface area contributed by atoms with Gasteiger partial charge in [-0.25, -0.2) is 13.8 Å². The number of aryl methyl sites for hydroxylation is 2. The Morgan fingerprint density at radius 1 is 1.00 bits per heavy atom. The number of amides is 1. The highest BCUT2D eigenvalue weighted by Gasteiger charge is 2.24. The van der Waals surface area contributed by atoms with E-state index in [2.05, 4.69) is 34.7 Å². The van der Waals surface area contributed by atoms with Gasteiger partial charge in [0.25, 0.3) is 5.91 Å². The normalized spacial score (nSPS) is 12.8. The lowest BCUT2D eigenvalue weighted by Crippen LogP contribution is -2.48. The summed E-state index contributed by atoms with van der Waals surface area (Å²) >= 11 is 1.35. The minimum absolute atomic E-state index is 0.0451. The van der Waals surface area contributed by atoms with Crippen LogP contribution in [0.5, 0.6) is 0 Å². The van der Waals surface area contributed by atoms with Crippen LogP contribution in [-0.2, 0) is 19.4 Å². The van der Waals surface area contributed by atoms with E-state index >= 15 is 0 Å². The van der Waals surface area contributed by atoms with E-state index < -0.39 is 29.7 Å². The van der Waals surface area contributed by atoms with Gasteiger partial charge in [-0.3, -0.25) is 4.79 Å². The number of carbonyl (C=O) groups excluding carboxylic acids is 1. The van der Waals surface area contributed by atoms with Crippen LogP contribution >= 0.6 is 11.3 Å². The molecule has 0 saturated heterocycles. The summed E-state index contributed by atoms with van der Waals surface area (Å²) in [4.78, 5) is 17.6. The van der Waals surface area contributed by atoms with Crippen molar-refractivity contribution < 1.29 is 18.7 Å². The molecule has 4 rings (SSSR count). The zero-order chi connectivity index (χ0) is 27.1. The first kappa shape index (κ1) is 27.6. The van der Waals surface area contributed by atoms with Crippen LogP contribution in [0.25, 0.3) is 10.6 Å². The molecule has 8 heteroatoms. The average Bonchev–Trinajstić information content (AvgIpc) is 3.38. The molecule has 4 aromatic rings. The maximum atomic E-state index is 13.8. The van der Waals surface area contributed by atoms with Gasteiger partial charge >= 0.3 is 0 Å². The summed E-state index contributed by atoms with van der Waals surface area (Å²) in [5, 5.41) is 19.4. The number of nitrogens with one attached hydrogen (secondary N) is 2. The van der Waals surface area contributed by atoms with E-state index in [1.54, 1.807) is 5.38 Å². The van der Waals surface area contributed by atoms with Gasteiger partial charge in [-0.15, -0.1) is 11.3 Å². The second-order valence-corrected chi connectivity index (χ2v) is 10.2. The van der Waals surface area contributed by atoms with E-state index in [1.165, 1.54) is 29.0 Å². The highest BCUT2D eigenvalue weighted by atomic mass is 32.1. The number of nitrogens with zero attached hydrogens (tertiary/aromatic N) is 1. The van der Waals surface area contributed by atoms with Crippen LogP contribution in [0.1, 0.15) is 39.7 Å². The molecule has 0 aliphatic heterocycles. The predicted molar refractivity (Wildman–Crippen MR) is 147 cm³/mol. The number of carbonyl (C=O) groups is 1. The summed E-state index contributed by atoms with van der Waals surface area (Å²) in [6, 6.07) is 18.4. The van der Waals surface area contributed by atoms with Gasteiger partial charge < -0.3 is 15.7 Å². The lowest BCUT2D eigenvalue weighted by Gasteiger charge is -2.24. The average molecular weight is 536 g/mol. The summed E-state index contributed by atoms with van der Waals surface area (Å²) in [7, 11) is 0. The molecule has 3 N–H and O–H groups in total. The molecule has 0 fully saturated rings. The highest BCUT2D eigenvalue weighted by Crippen LogP contribution is 2.24. The fraction of sp³-hybridized carbons (Fsp3) is 0.267.